The van der Waals surface area contributed by atoms with Gasteiger partial charge in [0.1, 0.15) is 19.8 Å². The van der Waals surface area contributed by atoms with Crippen molar-refractivity contribution in [1.29, 1.82) is 0 Å². The highest BCUT2D eigenvalue weighted by Gasteiger charge is 2.22. The summed E-state index contributed by atoms with van der Waals surface area (Å²) in [5.74, 6) is -0.856. The van der Waals surface area contributed by atoms with Crippen molar-refractivity contribution in [2.45, 2.75) is 290 Å². The Morgan fingerprint density at radius 2 is 0.551 bits per heavy atom. The topological polar surface area (TPSA) is 111 Å². The van der Waals surface area contributed by atoms with Crippen LogP contribution in [0.15, 0.2) is 207 Å². The van der Waals surface area contributed by atoms with Crippen LogP contribution in [-0.4, -0.2) is 70.0 Å². The molecular formula is C88H142NO8P. The normalized spacial score (nSPS) is 14.2. The highest BCUT2D eigenvalue weighted by molar-refractivity contribution is 7.45. The number of hydrogen-bond donors (Lipinski definition) is 0. The first-order chi connectivity index (χ1) is 48.0. The number of allylic oxidation sites excluding steroid dienone is 34. The van der Waals surface area contributed by atoms with Crippen molar-refractivity contribution in [3.8, 4) is 0 Å². The third-order valence-corrected chi connectivity index (χ3v) is 16.8. The summed E-state index contributed by atoms with van der Waals surface area (Å²) in [4.78, 5) is 38.2. The summed E-state index contributed by atoms with van der Waals surface area (Å²) in [6.07, 6.45) is 119. The molecule has 0 rings (SSSR count). The van der Waals surface area contributed by atoms with Gasteiger partial charge >= 0.3 is 11.9 Å². The molecule has 0 aliphatic carbocycles. The number of carbonyl (C=O) groups excluding carboxylic acids is 2. The third-order valence-electron chi connectivity index (χ3n) is 15.8. The van der Waals surface area contributed by atoms with Gasteiger partial charge in [0.2, 0.25) is 0 Å². The highest BCUT2D eigenvalue weighted by atomic mass is 31.2. The molecule has 0 spiro atoms. The van der Waals surface area contributed by atoms with Crippen LogP contribution in [0.5, 0.6) is 0 Å². The molecule has 0 aliphatic heterocycles. The molecule has 0 saturated carbocycles. The molecule has 2 atom stereocenters. The standard InChI is InChI=1S/C88H142NO8P/c1-6-8-10-12-14-16-18-20-22-24-26-28-30-32-34-36-38-40-41-42-43-44-45-46-47-49-51-53-55-57-59-61-63-65-67-69-71-73-75-77-79-81-88(91)97-86(85-96-98(92,93)95-83-82-89(3,4)5)84-94-87(90)80-78-76-74-72-70-68-66-64-62-60-58-56-54-52-50-48-39-37-35-33-31-29-27-25-23-21-19-17-15-13-11-9-7-2/h8-11,14-17,20-23,26-29,32-35,38-40,42-43,45-46,48-49,51,55,57,61,63,86H,6-7,12-13,18-19,24-25,30-31,36-37,41,44,47,50,52-54,56,58-60,62,64-85H2,1-5H3/b10-8-,11-9-,16-14-,17-15-,22-20-,23-21-,28-26-,29-27-,34-32-,35-33-,40-38-,43-42-,46-45-,48-39-,51-49-,57-55-,63-61-. The van der Waals surface area contributed by atoms with Crippen molar-refractivity contribution in [2.75, 3.05) is 47.5 Å². The molecule has 98 heavy (non-hydrogen) atoms. The zero-order valence-corrected chi connectivity index (χ0v) is 63.8. The Balaban J connectivity index is 4.11. The van der Waals surface area contributed by atoms with Crippen LogP contribution in [0.1, 0.15) is 284 Å². The Labute approximate surface area is 602 Å². The number of phosphoric acid groups is 1. The van der Waals surface area contributed by atoms with E-state index in [1.54, 1.807) is 0 Å². The molecule has 0 aromatic carbocycles. The third kappa shape index (κ3) is 79.6. The van der Waals surface area contributed by atoms with Gasteiger partial charge in [-0.05, 0) is 148 Å². The van der Waals surface area contributed by atoms with E-state index in [0.29, 0.717) is 17.4 Å². The van der Waals surface area contributed by atoms with E-state index in [9.17, 15) is 19.0 Å². The van der Waals surface area contributed by atoms with Gasteiger partial charge in [0.25, 0.3) is 7.82 Å². The number of nitrogens with zero attached hydrogens (tertiary/aromatic N) is 1. The van der Waals surface area contributed by atoms with Crippen molar-refractivity contribution in [3.05, 3.63) is 207 Å². The van der Waals surface area contributed by atoms with Crippen molar-refractivity contribution < 1.29 is 42.1 Å². The summed E-state index contributed by atoms with van der Waals surface area (Å²) in [5.41, 5.74) is 0. The summed E-state index contributed by atoms with van der Waals surface area (Å²) in [6.45, 7) is 3.99. The molecule has 0 aromatic rings. The lowest BCUT2D eigenvalue weighted by Crippen LogP contribution is -2.37. The predicted octanol–water partition coefficient (Wildman–Crippen LogP) is 25.5. The summed E-state index contributed by atoms with van der Waals surface area (Å²) < 4.78 is 34.4. The number of likely N-dealkylation sites (N-methyl/N-ethyl adjacent to an activating group) is 1. The second-order valence-corrected chi connectivity index (χ2v) is 27.7. The van der Waals surface area contributed by atoms with Crippen LogP contribution in [0.25, 0.3) is 0 Å². The van der Waals surface area contributed by atoms with E-state index in [0.717, 1.165) is 167 Å². The average Bonchev–Trinajstić information content (AvgIpc) is 1.08. The molecule has 0 aromatic heterocycles. The van der Waals surface area contributed by atoms with E-state index in [1.165, 1.54) is 83.5 Å². The molecule has 9 nitrogen and oxygen atoms in total. The molecule has 0 saturated heterocycles. The van der Waals surface area contributed by atoms with Crippen LogP contribution in [0.3, 0.4) is 0 Å². The number of ether oxygens (including phenoxy) is 2. The van der Waals surface area contributed by atoms with Gasteiger partial charge in [-0.15, -0.1) is 0 Å². The number of quaternary nitrogens is 1. The number of hydrogen-bond acceptors (Lipinski definition) is 8. The quantitative estimate of drug-likeness (QED) is 0.0195. The van der Waals surface area contributed by atoms with Gasteiger partial charge in [-0.1, -0.05) is 330 Å². The molecule has 0 heterocycles. The number of carbonyl (C=O) groups is 2. The first kappa shape index (κ1) is 92.6. The SMILES string of the molecule is CC/C=C\C/C=C\C/C=C\C/C=C\C/C=C\C/C=C\C/C=C\C/C=C\C/C=C\C/C=C\C/C=C\CCCCCCCCCC(=O)OC(COC(=O)CCCCCCCCCCCCCCCC/C=C\C/C=C\C/C=C\C/C=C\C/C=C\C/C=C\CC)COP(=O)([O-])OCC[N+](C)(C)C. The van der Waals surface area contributed by atoms with Crippen molar-refractivity contribution >= 4 is 19.8 Å². The zero-order chi connectivity index (χ0) is 71.1. The first-order valence-electron chi connectivity index (χ1n) is 38.8. The Bertz CT molecular complexity index is 2410. The minimum atomic E-state index is -4.66. The highest BCUT2D eigenvalue weighted by Crippen LogP contribution is 2.38. The van der Waals surface area contributed by atoms with Crippen LogP contribution in [0.4, 0.5) is 0 Å². The lowest BCUT2D eigenvalue weighted by molar-refractivity contribution is -0.870. The van der Waals surface area contributed by atoms with E-state index in [2.05, 4.69) is 220 Å². The van der Waals surface area contributed by atoms with Gasteiger partial charge in [-0.2, -0.15) is 0 Å². The molecule has 552 valence electrons. The van der Waals surface area contributed by atoms with E-state index in [1.807, 2.05) is 21.1 Å². The number of unbranched alkanes of at least 4 members (excludes halogenated alkanes) is 21. The second-order valence-electron chi connectivity index (χ2n) is 26.3. The maximum atomic E-state index is 12.9. The maximum absolute atomic E-state index is 12.9. The van der Waals surface area contributed by atoms with Gasteiger partial charge in [0.05, 0.1) is 27.7 Å². The van der Waals surface area contributed by atoms with Crippen molar-refractivity contribution in [3.63, 3.8) is 0 Å². The average molecular weight is 1370 g/mol. The second kappa shape index (κ2) is 75.8. The molecule has 0 fully saturated rings. The molecule has 0 N–H and O–H groups in total. The fraction of sp³-hybridized carbons (Fsp3) is 0.591. The number of phosphoric ester groups is 1. The van der Waals surface area contributed by atoms with Crippen LogP contribution in [0, 0.1) is 0 Å². The maximum Gasteiger partial charge on any atom is 0.306 e. The van der Waals surface area contributed by atoms with E-state index in [-0.39, 0.29) is 26.1 Å². The number of rotatable bonds is 69. The Hall–Kier alpha value is -5.41. The molecule has 0 aliphatic rings. The Kier molecular flexibility index (Phi) is 71.6. The smallest absolute Gasteiger partial charge is 0.306 e. The van der Waals surface area contributed by atoms with Crippen LogP contribution in [0.2, 0.25) is 0 Å². The molecular weight excluding hydrogens is 1230 g/mol. The Morgan fingerprint density at radius 3 is 0.816 bits per heavy atom. The lowest BCUT2D eigenvalue weighted by atomic mass is 10.0. The fourth-order valence-corrected chi connectivity index (χ4v) is 10.7. The van der Waals surface area contributed by atoms with Crippen LogP contribution < -0.4 is 4.89 Å². The Morgan fingerprint density at radius 1 is 0.316 bits per heavy atom. The summed E-state index contributed by atoms with van der Waals surface area (Å²) in [7, 11) is 1.14. The van der Waals surface area contributed by atoms with E-state index < -0.39 is 32.5 Å². The molecule has 10 heteroatoms. The van der Waals surface area contributed by atoms with Crippen molar-refractivity contribution in [2.24, 2.45) is 0 Å². The first-order valence-corrected chi connectivity index (χ1v) is 40.3. The van der Waals surface area contributed by atoms with Gasteiger partial charge in [-0.25, -0.2) is 0 Å². The van der Waals surface area contributed by atoms with E-state index in [4.69, 9.17) is 18.5 Å². The molecule has 0 amide bonds. The van der Waals surface area contributed by atoms with Gasteiger partial charge in [0, 0.05) is 12.8 Å². The van der Waals surface area contributed by atoms with Gasteiger partial charge in [-0.3, -0.25) is 14.2 Å². The van der Waals surface area contributed by atoms with E-state index >= 15 is 0 Å². The monoisotopic (exact) mass is 1370 g/mol. The molecule has 2 unspecified atom stereocenters. The molecule has 0 bridgehead atoms. The predicted molar refractivity (Wildman–Crippen MR) is 424 cm³/mol. The minimum absolute atomic E-state index is 0.0430. The van der Waals surface area contributed by atoms with Crippen LogP contribution >= 0.6 is 7.82 Å². The summed E-state index contributed by atoms with van der Waals surface area (Å²) in [6, 6.07) is 0. The largest absolute Gasteiger partial charge is 0.756 e. The number of esters is 2. The summed E-state index contributed by atoms with van der Waals surface area (Å²) in [5, 5.41) is 0. The zero-order valence-electron chi connectivity index (χ0n) is 62.9. The van der Waals surface area contributed by atoms with Gasteiger partial charge < -0.3 is 27.9 Å². The van der Waals surface area contributed by atoms with Gasteiger partial charge in [0.15, 0.2) is 6.10 Å². The van der Waals surface area contributed by atoms with Crippen LogP contribution in [-0.2, 0) is 32.7 Å². The molecule has 0 radical (unpaired) electrons. The summed E-state index contributed by atoms with van der Waals surface area (Å²) >= 11 is 0. The minimum Gasteiger partial charge on any atom is -0.756 e. The fourth-order valence-electron chi connectivity index (χ4n) is 9.96. The van der Waals surface area contributed by atoms with Crippen molar-refractivity contribution in [1.82, 2.24) is 0 Å². The lowest BCUT2D eigenvalue weighted by Gasteiger charge is -2.28.